The van der Waals surface area contributed by atoms with Crippen LogP contribution in [0.15, 0.2) is 67.4 Å². The van der Waals surface area contributed by atoms with Gasteiger partial charge in [0.1, 0.15) is 6.10 Å². The second kappa shape index (κ2) is 9.87. The molecule has 9 heteroatoms. The molecule has 184 valence electrons. The van der Waals surface area contributed by atoms with Gasteiger partial charge in [0.15, 0.2) is 0 Å². The van der Waals surface area contributed by atoms with Crippen LogP contribution in [0, 0.1) is 6.92 Å². The average Bonchev–Trinajstić information content (AvgIpc) is 3.43. The van der Waals surface area contributed by atoms with Gasteiger partial charge in [-0.05, 0) is 63.2 Å². The summed E-state index contributed by atoms with van der Waals surface area (Å²) in [5.41, 5.74) is 6.92. The first kappa shape index (κ1) is 22.9. The highest BCUT2D eigenvalue weighted by Gasteiger charge is 2.20. The molecule has 0 atom stereocenters. The Labute approximate surface area is 213 Å². The summed E-state index contributed by atoms with van der Waals surface area (Å²) in [7, 11) is 0. The lowest BCUT2D eigenvalue weighted by Gasteiger charge is -2.22. The van der Waals surface area contributed by atoms with Gasteiger partial charge in [0.25, 0.3) is 0 Å². The highest BCUT2D eigenvalue weighted by molar-refractivity contribution is 5.89. The Balaban J connectivity index is 1.27. The predicted molar refractivity (Wildman–Crippen MR) is 140 cm³/mol. The van der Waals surface area contributed by atoms with Gasteiger partial charge in [0.2, 0.25) is 5.82 Å². The van der Waals surface area contributed by atoms with Crippen molar-refractivity contribution in [1.29, 1.82) is 0 Å². The summed E-state index contributed by atoms with van der Waals surface area (Å²) in [6.07, 6.45) is 8.24. The summed E-state index contributed by atoms with van der Waals surface area (Å²) in [6, 6.07) is 14.0. The normalized spacial score (nSPS) is 14.1. The van der Waals surface area contributed by atoms with E-state index in [1.54, 1.807) is 24.9 Å². The molecule has 1 fully saturated rings. The van der Waals surface area contributed by atoms with E-state index in [9.17, 15) is 4.79 Å². The Morgan fingerprint density at radius 1 is 0.919 bits per heavy atom. The zero-order chi connectivity index (χ0) is 25.2. The molecule has 37 heavy (non-hydrogen) atoms. The van der Waals surface area contributed by atoms with Crippen LogP contribution in [0.5, 0.6) is 0 Å². The number of pyridine rings is 2. The molecule has 5 aromatic rings. The highest BCUT2D eigenvalue weighted by atomic mass is 16.5. The topological polar surface area (TPSA) is 119 Å². The molecular formula is C28H25N7O2. The van der Waals surface area contributed by atoms with E-state index in [1.807, 2.05) is 43.3 Å². The van der Waals surface area contributed by atoms with Crippen LogP contribution in [-0.2, 0) is 4.74 Å². The van der Waals surface area contributed by atoms with E-state index in [2.05, 4.69) is 41.3 Å². The fourth-order valence-corrected chi connectivity index (χ4v) is 4.53. The number of aromatic nitrogens is 6. The fraction of sp³-hybridized carbons (Fsp3) is 0.214. The second-order valence-corrected chi connectivity index (χ2v) is 9.07. The van der Waals surface area contributed by atoms with E-state index >= 15 is 0 Å². The van der Waals surface area contributed by atoms with Crippen LogP contribution in [-0.4, -0.2) is 55.1 Å². The van der Waals surface area contributed by atoms with Gasteiger partial charge in [-0.3, -0.25) is 9.97 Å². The number of imidazole rings is 1. The van der Waals surface area contributed by atoms with E-state index < -0.39 is 5.97 Å². The van der Waals surface area contributed by atoms with Crippen molar-refractivity contribution in [1.82, 2.24) is 35.2 Å². The molecule has 0 spiro atoms. The number of nitrogens with one attached hydrogen (secondary N) is 2. The van der Waals surface area contributed by atoms with Crippen molar-refractivity contribution in [2.45, 2.75) is 25.9 Å². The second-order valence-electron chi connectivity index (χ2n) is 9.07. The van der Waals surface area contributed by atoms with Crippen molar-refractivity contribution >= 4 is 16.9 Å². The quantitative estimate of drug-likeness (QED) is 0.348. The van der Waals surface area contributed by atoms with E-state index in [4.69, 9.17) is 4.74 Å². The minimum Gasteiger partial charge on any atom is -0.456 e. The molecule has 1 aromatic carbocycles. The van der Waals surface area contributed by atoms with Crippen molar-refractivity contribution in [3.63, 3.8) is 0 Å². The lowest BCUT2D eigenvalue weighted by molar-refractivity contribution is 0.0215. The van der Waals surface area contributed by atoms with Crippen molar-refractivity contribution in [3.05, 3.63) is 78.9 Å². The largest absolute Gasteiger partial charge is 0.456 e. The summed E-state index contributed by atoms with van der Waals surface area (Å²) in [4.78, 5) is 38.0. The maximum atomic E-state index is 12.4. The molecule has 9 nitrogen and oxygen atoms in total. The van der Waals surface area contributed by atoms with Crippen LogP contribution in [0.25, 0.3) is 44.7 Å². The number of piperidine rings is 1. The zero-order valence-corrected chi connectivity index (χ0v) is 20.3. The number of esters is 1. The number of ether oxygens (including phenoxy) is 1. The smallest absolute Gasteiger partial charge is 0.376 e. The van der Waals surface area contributed by atoms with Crippen molar-refractivity contribution in [3.8, 4) is 33.8 Å². The average molecular weight is 492 g/mol. The van der Waals surface area contributed by atoms with Gasteiger partial charge in [0.05, 0.1) is 28.9 Å². The number of rotatable bonds is 5. The van der Waals surface area contributed by atoms with E-state index in [0.29, 0.717) is 0 Å². The molecule has 4 aromatic heterocycles. The van der Waals surface area contributed by atoms with Gasteiger partial charge < -0.3 is 15.0 Å². The monoisotopic (exact) mass is 491 g/mol. The molecule has 1 aliphatic heterocycles. The first-order valence-electron chi connectivity index (χ1n) is 12.3. The lowest BCUT2D eigenvalue weighted by atomic mass is 10.0. The van der Waals surface area contributed by atoms with Crippen molar-refractivity contribution < 1.29 is 9.53 Å². The Kier molecular flexibility index (Phi) is 6.11. The van der Waals surface area contributed by atoms with Crippen LogP contribution in [0.4, 0.5) is 0 Å². The minimum atomic E-state index is -0.488. The fourth-order valence-electron chi connectivity index (χ4n) is 4.53. The van der Waals surface area contributed by atoms with Gasteiger partial charge >= 0.3 is 5.97 Å². The number of fused-ring (bicyclic) bond motifs is 1. The third-order valence-corrected chi connectivity index (χ3v) is 6.47. The third kappa shape index (κ3) is 4.81. The molecular weight excluding hydrogens is 466 g/mol. The Bertz CT molecular complexity index is 1570. The number of nitrogens with zero attached hydrogens (tertiary/aromatic N) is 5. The summed E-state index contributed by atoms with van der Waals surface area (Å²) in [5, 5.41) is 4.21. The Morgan fingerprint density at radius 3 is 2.51 bits per heavy atom. The number of carbonyl (C=O) groups excluding carboxylic acids is 1. The van der Waals surface area contributed by atoms with Crippen molar-refractivity contribution in [2.75, 3.05) is 13.1 Å². The van der Waals surface area contributed by atoms with E-state index in [1.165, 1.54) is 0 Å². The molecule has 0 aliphatic carbocycles. The first-order valence-corrected chi connectivity index (χ1v) is 12.3. The molecule has 0 radical (unpaired) electrons. The van der Waals surface area contributed by atoms with Gasteiger partial charge in [-0.15, -0.1) is 0 Å². The lowest BCUT2D eigenvalue weighted by Crippen LogP contribution is -2.34. The van der Waals surface area contributed by atoms with Crippen molar-refractivity contribution in [2.24, 2.45) is 0 Å². The molecule has 0 unspecified atom stereocenters. The molecule has 0 amide bonds. The molecule has 5 heterocycles. The molecule has 1 saturated heterocycles. The van der Waals surface area contributed by atoms with Gasteiger partial charge in [0, 0.05) is 46.4 Å². The van der Waals surface area contributed by atoms with Crippen LogP contribution in [0.1, 0.15) is 29.2 Å². The van der Waals surface area contributed by atoms with E-state index in [0.717, 1.165) is 76.3 Å². The zero-order valence-electron chi connectivity index (χ0n) is 20.3. The van der Waals surface area contributed by atoms with Crippen LogP contribution in [0.3, 0.4) is 0 Å². The number of hydrogen-bond donors (Lipinski definition) is 2. The summed E-state index contributed by atoms with van der Waals surface area (Å²) >= 11 is 0. The predicted octanol–water partition coefficient (Wildman–Crippen LogP) is 4.36. The molecule has 6 rings (SSSR count). The molecule has 0 bridgehead atoms. The third-order valence-electron chi connectivity index (χ3n) is 6.47. The van der Waals surface area contributed by atoms with Crippen LogP contribution >= 0.6 is 0 Å². The molecule has 0 saturated carbocycles. The van der Waals surface area contributed by atoms with Crippen LogP contribution < -0.4 is 5.32 Å². The Hall–Kier alpha value is -4.50. The number of H-pyrrole nitrogens is 1. The summed E-state index contributed by atoms with van der Waals surface area (Å²) in [6.45, 7) is 3.66. The number of aryl methyl sites for hydroxylation is 1. The highest BCUT2D eigenvalue weighted by Crippen LogP contribution is 2.31. The first-order chi connectivity index (χ1) is 18.1. The minimum absolute atomic E-state index is 0.0640. The summed E-state index contributed by atoms with van der Waals surface area (Å²) in [5.74, 6) is -0.424. The molecule has 1 aliphatic rings. The van der Waals surface area contributed by atoms with Crippen LogP contribution in [0.2, 0.25) is 0 Å². The standard InChI is InChI=1S/C28H25N7O2/c1-17-3-2-4-24(35-17)26-25(33-16-34-26)18-5-6-23-19(11-18)12-20(13-30-23)21-14-31-27(32-15-21)28(36)37-22-7-9-29-10-8-22/h2-6,11-16,22,29H,7-10H2,1H3,(H,33,34). The SMILES string of the molecule is Cc1cccc(-c2[nH]cnc2-c2ccc3ncc(-c4cnc(C(=O)OC5CCNCC5)nc4)cc3c2)n1. The number of aromatic amines is 1. The maximum Gasteiger partial charge on any atom is 0.376 e. The maximum absolute atomic E-state index is 12.4. The van der Waals surface area contributed by atoms with Gasteiger partial charge in [-0.2, -0.15) is 0 Å². The summed E-state index contributed by atoms with van der Waals surface area (Å²) < 4.78 is 5.55. The molecule has 2 N–H and O–H groups in total. The van der Waals surface area contributed by atoms with E-state index in [-0.39, 0.29) is 11.9 Å². The Morgan fingerprint density at radius 2 is 1.70 bits per heavy atom. The van der Waals surface area contributed by atoms with Gasteiger partial charge in [-0.1, -0.05) is 12.1 Å². The van der Waals surface area contributed by atoms with Gasteiger partial charge in [-0.25, -0.2) is 19.7 Å². The number of hydrogen-bond acceptors (Lipinski definition) is 8. The number of carbonyl (C=O) groups is 1. The number of benzene rings is 1.